The predicted octanol–water partition coefficient (Wildman–Crippen LogP) is 3.94. The van der Waals surface area contributed by atoms with E-state index in [1.165, 1.54) is 14.2 Å². The van der Waals surface area contributed by atoms with Crippen LogP contribution in [0.4, 0.5) is 5.69 Å². The minimum Gasteiger partial charge on any atom is -0.497 e. The molecular weight excluding hydrogens is 504 g/mol. The molecule has 200 valence electrons. The van der Waals surface area contributed by atoms with Gasteiger partial charge in [0.1, 0.15) is 5.75 Å². The molecule has 0 spiro atoms. The van der Waals surface area contributed by atoms with E-state index in [1.807, 2.05) is 41.4 Å². The molecule has 0 fully saturated rings. The van der Waals surface area contributed by atoms with Gasteiger partial charge in [0.2, 0.25) is 6.79 Å². The SMILES string of the molecule is COc1ccc(N2C[C@@H]3C(=N2)c2cc4c(cc2[C@@H](c2cc(C=O)c(OC)c(OC)c2)[C@H]3C(=O)O)OCO4)cc1. The second kappa shape index (κ2) is 9.54. The van der Waals surface area contributed by atoms with E-state index in [2.05, 4.69) is 0 Å². The van der Waals surface area contributed by atoms with Gasteiger partial charge < -0.3 is 28.8 Å². The molecule has 3 atom stereocenters. The van der Waals surface area contributed by atoms with Crippen molar-refractivity contribution in [2.24, 2.45) is 16.9 Å². The van der Waals surface area contributed by atoms with Crippen molar-refractivity contribution in [2.45, 2.75) is 5.92 Å². The van der Waals surface area contributed by atoms with Crippen LogP contribution in [0.15, 0.2) is 53.6 Å². The number of fused-ring (bicyclic) bond motifs is 4. The van der Waals surface area contributed by atoms with E-state index in [-0.39, 0.29) is 12.4 Å². The Balaban J connectivity index is 1.55. The maximum absolute atomic E-state index is 13.0. The number of benzene rings is 3. The van der Waals surface area contributed by atoms with Gasteiger partial charge in [-0.15, -0.1) is 0 Å². The molecule has 0 radical (unpaired) electrons. The number of carbonyl (C=O) groups is 2. The van der Waals surface area contributed by atoms with E-state index in [0.717, 1.165) is 16.8 Å². The zero-order valence-electron chi connectivity index (χ0n) is 21.5. The van der Waals surface area contributed by atoms with Crippen LogP contribution in [0.25, 0.3) is 0 Å². The van der Waals surface area contributed by atoms with Crippen molar-refractivity contribution < 1.29 is 38.4 Å². The van der Waals surface area contributed by atoms with Gasteiger partial charge in [-0.3, -0.25) is 14.6 Å². The number of hydrazone groups is 1. The van der Waals surface area contributed by atoms with Crippen LogP contribution in [0, 0.1) is 11.8 Å². The summed E-state index contributed by atoms with van der Waals surface area (Å²) in [6.45, 7) is 0.432. The molecule has 1 aliphatic carbocycles. The van der Waals surface area contributed by atoms with Crippen molar-refractivity contribution in [3.05, 3.63) is 70.8 Å². The first-order valence-corrected chi connectivity index (χ1v) is 12.3. The number of hydrogen-bond acceptors (Lipinski definition) is 9. The smallest absolute Gasteiger partial charge is 0.308 e. The summed E-state index contributed by atoms with van der Waals surface area (Å²) in [6.07, 6.45) is 0.678. The third-order valence-corrected chi connectivity index (χ3v) is 7.57. The number of aldehydes is 1. The largest absolute Gasteiger partial charge is 0.497 e. The monoisotopic (exact) mass is 530 g/mol. The van der Waals surface area contributed by atoms with Gasteiger partial charge in [0.15, 0.2) is 29.3 Å². The number of ether oxygens (including phenoxy) is 5. The minimum absolute atomic E-state index is 0.0742. The van der Waals surface area contributed by atoms with E-state index < -0.39 is 23.7 Å². The van der Waals surface area contributed by atoms with Gasteiger partial charge in [0.05, 0.1) is 50.8 Å². The van der Waals surface area contributed by atoms with Crippen LogP contribution in [0.3, 0.4) is 0 Å². The molecule has 0 unspecified atom stereocenters. The number of carbonyl (C=O) groups excluding carboxylic acids is 1. The molecule has 0 bridgehead atoms. The highest BCUT2D eigenvalue weighted by Gasteiger charge is 2.49. The highest BCUT2D eigenvalue weighted by atomic mass is 16.7. The number of nitrogens with zero attached hydrogens (tertiary/aromatic N) is 2. The lowest BCUT2D eigenvalue weighted by molar-refractivity contribution is -0.143. The topological polar surface area (TPSA) is 116 Å². The van der Waals surface area contributed by atoms with Gasteiger partial charge in [0, 0.05) is 17.4 Å². The molecule has 1 N–H and O–H groups in total. The van der Waals surface area contributed by atoms with Crippen LogP contribution in [-0.2, 0) is 4.79 Å². The lowest BCUT2D eigenvalue weighted by Gasteiger charge is -2.36. The van der Waals surface area contributed by atoms with Crippen molar-refractivity contribution in [1.29, 1.82) is 0 Å². The molecule has 0 aromatic heterocycles. The van der Waals surface area contributed by atoms with Crippen molar-refractivity contribution in [3.63, 3.8) is 0 Å². The molecule has 10 heteroatoms. The van der Waals surface area contributed by atoms with Crippen molar-refractivity contribution in [3.8, 4) is 28.7 Å². The van der Waals surface area contributed by atoms with Crippen molar-refractivity contribution in [1.82, 2.24) is 0 Å². The molecule has 0 saturated heterocycles. The van der Waals surface area contributed by atoms with E-state index >= 15 is 0 Å². The minimum atomic E-state index is -0.972. The van der Waals surface area contributed by atoms with Gasteiger partial charge in [-0.25, -0.2) is 0 Å². The van der Waals surface area contributed by atoms with E-state index in [1.54, 1.807) is 19.2 Å². The number of methoxy groups -OCH3 is 3. The Bertz CT molecular complexity index is 1500. The van der Waals surface area contributed by atoms with Crippen LogP contribution in [-0.4, -0.2) is 57.7 Å². The molecular formula is C29H26N2O8. The third-order valence-electron chi connectivity index (χ3n) is 7.57. The van der Waals surface area contributed by atoms with Gasteiger partial charge >= 0.3 is 5.97 Å². The average Bonchev–Trinajstić information content (AvgIpc) is 3.61. The predicted molar refractivity (Wildman–Crippen MR) is 141 cm³/mol. The highest BCUT2D eigenvalue weighted by Crippen LogP contribution is 2.51. The zero-order valence-corrected chi connectivity index (χ0v) is 21.5. The molecule has 3 aromatic carbocycles. The summed E-state index contributed by atoms with van der Waals surface area (Å²) in [6, 6.07) is 14.5. The van der Waals surface area contributed by atoms with Crippen molar-refractivity contribution in [2.75, 3.05) is 39.7 Å². The summed E-state index contributed by atoms with van der Waals surface area (Å²) in [5.74, 6) is -0.496. The number of aliphatic carboxylic acids is 1. The fraction of sp³-hybridized carbons (Fsp3) is 0.276. The second-order valence-corrected chi connectivity index (χ2v) is 9.47. The molecule has 0 saturated carbocycles. The standard InChI is InChI=1S/C29H26N2O8/c1-35-18-6-4-17(5-7-18)31-12-21-26(29(33)34)25(15-8-16(13-32)28(37-3)24(9-15)36-2)19-10-22-23(39-14-38-22)11-20(19)27(21)30-31/h4-11,13,21,25-26H,12,14H2,1-3H3,(H,33,34)/t21-,25+,26-/m0/s1. The summed E-state index contributed by atoms with van der Waals surface area (Å²) < 4.78 is 27.5. The summed E-state index contributed by atoms with van der Waals surface area (Å²) in [4.78, 5) is 25.0. The Morgan fingerprint density at radius 1 is 1.03 bits per heavy atom. The summed E-state index contributed by atoms with van der Waals surface area (Å²) in [7, 11) is 4.53. The molecule has 0 amide bonds. The number of carboxylic acids is 1. The first-order chi connectivity index (χ1) is 19.0. The molecule has 10 nitrogen and oxygen atoms in total. The van der Waals surface area contributed by atoms with E-state index in [0.29, 0.717) is 52.9 Å². The number of rotatable bonds is 7. The first kappa shape index (κ1) is 24.6. The van der Waals surface area contributed by atoms with Crippen LogP contribution in [0.2, 0.25) is 0 Å². The Hall–Kier alpha value is -4.73. The van der Waals surface area contributed by atoms with Crippen LogP contribution < -0.4 is 28.7 Å². The first-order valence-electron chi connectivity index (χ1n) is 12.3. The van der Waals surface area contributed by atoms with Gasteiger partial charge in [0.25, 0.3) is 0 Å². The van der Waals surface area contributed by atoms with Gasteiger partial charge in [-0.05, 0) is 59.7 Å². The molecule has 3 aromatic rings. The van der Waals surface area contributed by atoms with Crippen LogP contribution in [0.1, 0.15) is 33.0 Å². The summed E-state index contributed by atoms with van der Waals surface area (Å²) >= 11 is 0. The molecule has 6 rings (SSSR count). The molecule has 2 aliphatic heterocycles. The maximum Gasteiger partial charge on any atom is 0.308 e. The quantitative estimate of drug-likeness (QED) is 0.454. The highest BCUT2D eigenvalue weighted by molar-refractivity contribution is 6.09. The average molecular weight is 531 g/mol. The summed E-state index contributed by atoms with van der Waals surface area (Å²) in [5, 5.41) is 17.4. The fourth-order valence-electron chi connectivity index (χ4n) is 5.82. The molecule has 2 heterocycles. The zero-order chi connectivity index (χ0) is 27.3. The molecule has 39 heavy (non-hydrogen) atoms. The Morgan fingerprint density at radius 3 is 2.41 bits per heavy atom. The lowest BCUT2D eigenvalue weighted by Crippen LogP contribution is -2.41. The lowest BCUT2D eigenvalue weighted by atomic mass is 9.65. The summed E-state index contributed by atoms with van der Waals surface area (Å²) in [5.41, 5.74) is 3.87. The third kappa shape index (κ3) is 3.91. The van der Waals surface area contributed by atoms with E-state index in [9.17, 15) is 14.7 Å². The Kier molecular flexibility index (Phi) is 6.02. The molecule has 3 aliphatic rings. The Labute approximate surface area is 224 Å². The number of carboxylic acid groups (broad SMARTS) is 1. The number of anilines is 1. The number of hydrogen-bond donors (Lipinski definition) is 1. The fourth-order valence-corrected chi connectivity index (χ4v) is 5.82. The van der Waals surface area contributed by atoms with Crippen molar-refractivity contribution >= 4 is 23.7 Å². The second-order valence-electron chi connectivity index (χ2n) is 9.47. The van der Waals surface area contributed by atoms with Crippen LogP contribution in [0.5, 0.6) is 28.7 Å². The maximum atomic E-state index is 13.0. The van der Waals surface area contributed by atoms with Gasteiger partial charge in [-0.2, -0.15) is 5.10 Å². The van der Waals surface area contributed by atoms with E-state index in [4.69, 9.17) is 28.8 Å². The van der Waals surface area contributed by atoms with Gasteiger partial charge in [-0.1, -0.05) is 0 Å². The normalized spacial score (nSPS) is 20.5. The van der Waals surface area contributed by atoms with Crippen LogP contribution >= 0.6 is 0 Å². The Morgan fingerprint density at radius 2 is 1.77 bits per heavy atom.